The Morgan fingerprint density at radius 1 is 1.53 bits per heavy atom. The van der Waals surface area contributed by atoms with E-state index in [9.17, 15) is 0 Å². The Balaban J connectivity index is 2.06. The van der Waals surface area contributed by atoms with Crippen LogP contribution in [0.15, 0.2) is 4.34 Å². The molecule has 0 aliphatic heterocycles. The van der Waals surface area contributed by atoms with E-state index in [4.69, 9.17) is 4.74 Å². The first-order valence-corrected chi connectivity index (χ1v) is 6.68. The minimum Gasteiger partial charge on any atom is -0.383 e. The zero-order valence-electron chi connectivity index (χ0n) is 9.32. The van der Waals surface area contributed by atoms with Gasteiger partial charge in [0, 0.05) is 25.4 Å². The van der Waals surface area contributed by atoms with Crippen LogP contribution in [0.5, 0.6) is 0 Å². The van der Waals surface area contributed by atoms with Crippen molar-refractivity contribution >= 4 is 23.1 Å². The highest BCUT2D eigenvalue weighted by Gasteiger charge is 2.02. The third-order valence-electron chi connectivity index (χ3n) is 1.74. The van der Waals surface area contributed by atoms with Gasteiger partial charge in [-0.15, -0.1) is 10.2 Å². The first-order chi connectivity index (χ1) is 7.22. The predicted molar refractivity (Wildman–Crippen MR) is 64.7 cm³/mol. The number of ether oxygens (including phenoxy) is 1. The van der Waals surface area contributed by atoms with Gasteiger partial charge in [-0.3, -0.25) is 0 Å². The van der Waals surface area contributed by atoms with E-state index >= 15 is 0 Å². The summed E-state index contributed by atoms with van der Waals surface area (Å²) in [5.74, 6) is 1.02. The zero-order chi connectivity index (χ0) is 11.1. The fourth-order valence-corrected chi connectivity index (χ4v) is 2.85. The summed E-state index contributed by atoms with van der Waals surface area (Å²) in [6.45, 7) is 5.81. The molecular formula is C9H17N3OS2. The summed E-state index contributed by atoms with van der Waals surface area (Å²) in [6, 6.07) is 0.409. The molecule has 0 fully saturated rings. The lowest BCUT2D eigenvalue weighted by atomic mass is 10.4. The molecule has 0 bridgehead atoms. The van der Waals surface area contributed by atoms with Gasteiger partial charge >= 0.3 is 0 Å². The quantitative estimate of drug-likeness (QED) is 0.585. The van der Waals surface area contributed by atoms with Gasteiger partial charge < -0.3 is 10.1 Å². The molecule has 0 aromatic carbocycles. The second-order valence-corrected chi connectivity index (χ2v) is 5.77. The molecule has 0 aliphatic carbocycles. The monoisotopic (exact) mass is 247 g/mol. The van der Waals surface area contributed by atoms with Gasteiger partial charge in [0.1, 0.15) is 5.01 Å². The molecule has 1 aromatic heterocycles. The summed E-state index contributed by atoms with van der Waals surface area (Å²) < 4.78 is 6.08. The van der Waals surface area contributed by atoms with Crippen LogP contribution in [0.1, 0.15) is 11.9 Å². The van der Waals surface area contributed by atoms with Crippen LogP contribution in [-0.4, -0.2) is 42.3 Å². The van der Waals surface area contributed by atoms with Crippen LogP contribution >= 0.6 is 23.1 Å². The Morgan fingerprint density at radius 2 is 2.33 bits per heavy atom. The Hall–Kier alpha value is -0.170. The lowest BCUT2D eigenvalue weighted by molar-refractivity contribution is 0.173. The van der Waals surface area contributed by atoms with Crippen molar-refractivity contribution in [3.05, 3.63) is 5.01 Å². The molecule has 0 spiro atoms. The van der Waals surface area contributed by atoms with Gasteiger partial charge in [-0.1, -0.05) is 23.1 Å². The smallest absolute Gasteiger partial charge is 0.174 e. The molecule has 15 heavy (non-hydrogen) atoms. The van der Waals surface area contributed by atoms with E-state index in [0.717, 1.165) is 28.3 Å². The van der Waals surface area contributed by atoms with Crippen molar-refractivity contribution in [1.82, 2.24) is 15.5 Å². The highest BCUT2D eigenvalue weighted by Crippen LogP contribution is 2.20. The molecule has 86 valence electrons. The summed E-state index contributed by atoms with van der Waals surface area (Å²) in [6.07, 6.45) is 0. The van der Waals surface area contributed by atoms with E-state index in [1.165, 1.54) is 0 Å². The zero-order valence-corrected chi connectivity index (χ0v) is 11.0. The Morgan fingerprint density at radius 3 is 2.93 bits per heavy atom. The van der Waals surface area contributed by atoms with Crippen LogP contribution in [-0.2, 0) is 4.74 Å². The largest absolute Gasteiger partial charge is 0.383 e. The van der Waals surface area contributed by atoms with Crippen molar-refractivity contribution in [1.29, 1.82) is 0 Å². The maximum absolute atomic E-state index is 5.03. The van der Waals surface area contributed by atoms with Crippen molar-refractivity contribution in [2.45, 2.75) is 24.2 Å². The van der Waals surface area contributed by atoms with Crippen LogP contribution in [0, 0.1) is 6.92 Å². The van der Waals surface area contributed by atoms with Crippen LogP contribution in [0.2, 0.25) is 0 Å². The normalized spacial score (nSPS) is 13.0. The molecule has 1 unspecified atom stereocenters. The van der Waals surface area contributed by atoms with Crippen molar-refractivity contribution < 1.29 is 4.74 Å². The third-order valence-corrected chi connectivity index (χ3v) is 3.72. The van der Waals surface area contributed by atoms with Crippen LogP contribution in [0.3, 0.4) is 0 Å². The second-order valence-electron chi connectivity index (χ2n) is 3.25. The molecule has 0 amide bonds. The number of nitrogens with one attached hydrogen (secondary N) is 1. The fraction of sp³-hybridized carbons (Fsp3) is 0.778. The van der Waals surface area contributed by atoms with Crippen LogP contribution < -0.4 is 5.32 Å². The molecule has 4 nitrogen and oxygen atoms in total. The number of rotatable bonds is 7. The van der Waals surface area contributed by atoms with Gasteiger partial charge in [0.05, 0.1) is 6.61 Å². The summed E-state index contributed by atoms with van der Waals surface area (Å²) in [7, 11) is 1.72. The van der Waals surface area contributed by atoms with Crippen molar-refractivity contribution in [2.75, 3.05) is 26.0 Å². The summed E-state index contributed by atoms with van der Waals surface area (Å²) in [4.78, 5) is 0. The van der Waals surface area contributed by atoms with Gasteiger partial charge in [0.25, 0.3) is 0 Å². The third kappa shape index (κ3) is 5.46. The summed E-state index contributed by atoms with van der Waals surface area (Å²) in [5, 5.41) is 12.4. The molecular weight excluding hydrogens is 230 g/mol. The average Bonchev–Trinajstić information content (AvgIpc) is 2.60. The number of thioether (sulfide) groups is 1. The SMILES string of the molecule is COCC(C)NCCSc1nnc(C)s1. The average molecular weight is 247 g/mol. The number of methoxy groups -OCH3 is 1. The minimum atomic E-state index is 0.409. The fourth-order valence-electron chi connectivity index (χ4n) is 1.09. The van der Waals surface area contributed by atoms with Crippen molar-refractivity contribution in [3.63, 3.8) is 0 Å². The van der Waals surface area contributed by atoms with Gasteiger partial charge in [-0.05, 0) is 13.8 Å². The van der Waals surface area contributed by atoms with E-state index < -0.39 is 0 Å². The molecule has 1 rings (SSSR count). The molecule has 6 heteroatoms. The van der Waals surface area contributed by atoms with E-state index in [1.54, 1.807) is 30.2 Å². The highest BCUT2D eigenvalue weighted by molar-refractivity contribution is 8.01. The number of aryl methyl sites for hydroxylation is 1. The standard InChI is InChI=1S/C9H17N3OS2/c1-7(6-13-3)10-4-5-14-9-12-11-8(2)15-9/h7,10H,4-6H2,1-3H3. The number of hydrogen-bond donors (Lipinski definition) is 1. The number of nitrogens with zero attached hydrogens (tertiary/aromatic N) is 2. The maximum atomic E-state index is 5.03. The van der Waals surface area contributed by atoms with Crippen LogP contribution in [0.4, 0.5) is 0 Å². The van der Waals surface area contributed by atoms with E-state index in [2.05, 4.69) is 22.4 Å². The van der Waals surface area contributed by atoms with E-state index in [1.807, 2.05) is 6.92 Å². The molecule has 1 atom stereocenters. The number of aromatic nitrogens is 2. The topological polar surface area (TPSA) is 47.0 Å². The molecule has 0 radical (unpaired) electrons. The van der Waals surface area contributed by atoms with Gasteiger partial charge in [-0.2, -0.15) is 0 Å². The molecule has 1 aromatic rings. The Bertz CT molecular complexity index is 280. The summed E-state index contributed by atoms with van der Waals surface area (Å²) >= 11 is 3.39. The Labute approximate surface area is 98.8 Å². The molecule has 1 N–H and O–H groups in total. The lowest BCUT2D eigenvalue weighted by Crippen LogP contribution is -2.31. The van der Waals surface area contributed by atoms with Crippen molar-refractivity contribution in [3.8, 4) is 0 Å². The molecule has 0 saturated carbocycles. The van der Waals surface area contributed by atoms with Gasteiger partial charge in [0.15, 0.2) is 4.34 Å². The van der Waals surface area contributed by atoms with Crippen molar-refractivity contribution in [2.24, 2.45) is 0 Å². The maximum Gasteiger partial charge on any atom is 0.174 e. The minimum absolute atomic E-state index is 0.409. The molecule has 0 saturated heterocycles. The van der Waals surface area contributed by atoms with E-state index in [-0.39, 0.29) is 0 Å². The van der Waals surface area contributed by atoms with Crippen LogP contribution in [0.25, 0.3) is 0 Å². The van der Waals surface area contributed by atoms with Gasteiger partial charge in [-0.25, -0.2) is 0 Å². The Kier molecular flexibility index (Phi) is 6.16. The second kappa shape index (κ2) is 7.16. The highest BCUT2D eigenvalue weighted by atomic mass is 32.2. The molecule has 0 aliphatic rings. The predicted octanol–water partition coefficient (Wildman–Crippen LogP) is 1.56. The first kappa shape index (κ1) is 12.9. The molecule has 1 heterocycles. The first-order valence-electron chi connectivity index (χ1n) is 4.87. The van der Waals surface area contributed by atoms with Gasteiger partial charge in [0.2, 0.25) is 0 Å². The number of hydrogen-bond acceptors (Lipinski definition) is 6. The van der Waals surface area contributed by atoms with E-state index in [0.29, 0.717) is 6.04 Å². The lowest BCUT2D eigenvalue weighted by Gasteiger charge is -2.11. The summed E-state index contributed by atoms with van der Waals surface area (Å²) in [5.41, 5.74) is 0.